The Bertz CT molecular complexity index is 1020. The molecule has 6 nitrogen and oxygen atoms in total. The molecule has 144 valence electrons. The summed E-state index contributed by atoms with van der Waals surface area (Å²) < 4.78 is 20.0. The van der Waals surface area contributed by atoms with Crippen LogP contribution in [0.25, 0.3) is 0 Å². The molecule has 3 amide bonds. The van der Waals surface area contributed by atoms with Crippen molar-refractivity contribution in [3.8, 4) is 0 Å². The SMILES string of the molecule is Cc1cc(N2C(=O)C3=C(CCCC3)C2=O)c(F)cc1NC(=O)c1occc1C. The van der Waals surface area contributed by atoms with E-state index in [1.807, 2.05) is 0 Å². The molecule has 28 heavy (non-hydrogen) atoms. The first-order chi connectivity index (χ1) is 13.4. The lowest BCUT2D eigenvalue weighted by molar-refractivity contribution is -0.120. The number of halogens is 1. The van der Waals surface area contributed by atoms with Gasteiger partial charge >= 0.3 is 0 Å². The minimum atomic E-state index is -0.751. The maximum absolute atomic E-state index is 14.8. The lowest BCUT2D eigenvalue weighted by Gasteiger charge is -2.18. The largest absolute Gasteiger partial charge is 0.459 e. The molecule has 2 heterocycles. The first kappa shape index (κ1) is 18.2. The maximum Gasteiger partial charge on any atom is 0.291 e. The molecule has 0 saturated carbocycles. The van der Waals surface area contributed by atoms with E-state index in [0.717, 1.165) is 23.8 Å². The fraction of sp³-hybridized carbons (Fsp3) is 0.286. The molecule has 1 aliphatic carbocycles. The minimum absolute atomic E-state index is 0.0888. The number of aryl methyl sites for hydroxylation is 2. The van der Waals surface area contributed by atoms with Gasteiger partial charge in [0.15, 0.2) is 5.76 Å². The first-order valence-electron chi connectivity index (χ1n) is 9.15. The van der Waals surface area contributed by atoms with Crippen molar-refractivity contribution in [3.05, 3.63) is 58.3 Å². The van der Waals surface area contributed by atoms with Crippen LogP contribution in [0.15, 0.2) is 40.0 Å². The predicted octanol–water partition coefficient (Wildman–Crippen LogP) is 4.03. The third-order valence-corrected chi connectivity index (χ3v) is 5.24. The summed E-state index contributed by atoms with van der Waals surface area (Å²) in [6.07, 6.45) is 4.20. The van der Waals surface area contributed by atoms with E-state index >= 15 is 0 Å². The Morgan fingerprint density at radius 2 is 1.71 bits per heavy atom. The number of rotatable bonds is 3. The normalized spacial score (nSPS) is 16.6. The minimum Gasteiger partial charge on any atom is -0.459 e. The van der Waals surface area contributed by atoms with Crippen LogP contribution in [0, 0.1) is 19.7 Å². The third-order valence-electron chi connectivity index (χ3n) is 5.24. The number of benzene rings is 1. The highest BCUT2D eigenvalue weighted by atomic mass is 19.1. The summed E-state index contributed by atoms with van der Waals surface area (Å²) in [6.45, 7) is 3.40. The Kier molecular flexibility index (Phi) is 4.37. The number of nitrogens with zero attached hydrogens (tertiary/aromatic N) is 1. The smallest absolute Gasteiger partial charge is 0.291 e. The van der Waals surface area contributed by atoms with Gasteiger partial charge < -0.3 is 9.73 Å². The molecule has 0 atom stereocenters. The molecule has 1 aromatic carbocycles. The zero-order chi connectivity index (χ0) is 20.0. The number of nitrogens with one attached hydrogen (secondary N) is 1. The lowest BCUT2D eigenvalue weighted by atomic mass is 9.93. The standard InChI is InChI=1S/C21H19FN2O4/c1-11-7-8-28-18(11)19(25)23-16-10-15(22)17(9-12(16)2)24-20(26)13-5-3-4-6-14(13)21(24)27/h7-10H,3-6H2,1-2H3,(H,23,25). The van der Waals surface area contributed by atoms with Crippen molar-refractivity contribution in [3.63, 3.8) is 0 Å². The fourth-order valence-corrected chi connectivity index (χ4v) is 3.72. The van der Waals surface area contributed by atoms with Crippen molar-refractivity contribution < 1.29 is 23.2 Å². The van der Waals surface area contributed by atoms with E-state index < -0.39 is 23.5 Å². The van der Waals surface area contributed by atoms with E-state index in [4.69, 9.17) is 4.42 Å². The van der Waals surface area contributed by atoms with Gasteiger partial charge in [0.1, 0.15) is 5.82 Å². The Labute approximate surface area is 161 Å². The second kappa shape index (κ2) is 6.74. The van der Waals surface area contributed by atoms with Gasteiger partial charge in [0.25, 0.3) is 17.7 Å². The number of carbonyl (C=O) groups is 3. The zero-order valence-electron chi connectivity index (χ0n) is 15.6. The molecule has 1 aliphatic heterocycles. The van der Waals surface area contributed by atoms with Gasteiger partial charge in [-0.15, -0.1) is 0 Å². The molecular weight excluding hydrogens is 363 g/mol. The number of hydrogen-bond acceptors (Lipinski definition) is 4. The lowest BCUT2D eigenvalue weighted by Crippen LogP contribution is -2.32. The van der Waals surface area contributed by atoms with Gasteiger partial charge in [-0.2, -0.15) is 0 Å². The van der Waals surface area contributed by atoms with Crippen molar-refractivity contribution in [1.82, 2.24) is 0 Å². The van der Waals surface area contributed by atoms with E-state index in [1.165, 1.54) is 12.3 Å². The molecule has 0 radical (unpaired) electrons. The van der Waals surface area contributed by atoms with Crippen molar-refractivity contribution in [1.29, 1.82) is 0 Å². The van der Waals surface area contributed by atoms with E-state index in [0.29, 0.717) is 35.1 Å². The van der Waals surface area contributed by atoms with Crippen LogP contribution in [0.3, 0.4) is 0 Å². The Hall–Kier alpha value is -3.22. The highest BCUT2D eigenvalue weighted by Gasteiger charge is 2.40. The van der Waals surface area contributed by atoms with Gasteiger partial charge in [0, 0.05) is 22.4 Å². The molecule has 0 fully saturated rings. The molecule has 2 aromatic rings. The van der Waals surface area contributed by atoms with Gasteiger partial charge in [-0.25, -0.2) is 9.29 Å². The number of amides is 3. The topological polar surface area (TPSA) is 79.6 Å². The van der Waals surface area contributed by atoms with Crippen LogP contribution in [-0.4, -0.2) is 17.7 Å². The van der Waals surface area contributed by atoms with E-state index in [9.17, 15) is 18.8 Å². The summed E-state index contributed by atoms with van der Waals surface area (Å²) in [7, 11) is 0. The number of imide groups is 1. The number of furan rings is 1. The van der Waals surface area contributed by atoms with Crippen molar-refractivity contribution in [2.75, 3.05) is 10.2 Å². The summed E-state index contributed by atoms with van der Waals surface area (Å²) in [5, 5.41) is 2.61. The van der Waals surface area contributed by atoms with Crippen molar-refractivity contribution in [2.24, 2.45) is 0 Å². The average Bonchev–Trinajstić information content (AvgIpc) is 3.20. The highest BCUT2D eigenvalue weighted by molar-refractivity contribution is 6.33. The van der Waals surface area contributed by atoms with Gasteiger partial charge in [0.05, 0.1) is 12.0 Å². The van der Waals surface area contributed by atoms with E-state index in [1.54, 1.807) is 19.9 Å². The Balaban J connectivity index is 1.64. The molecule has 2 aliphatic rings. The molecular formula is C21H19FN2O4. The van der Waals surface area contributed by atoms with Crippen LogP contribution in [-0.2, 0) is 9.59 Å². The average molecular weight is 382 g/mol. The van der Waals surface area contributed by atoms with Gasteiger partial charge in [-0.1, -0.05) is 0 Å². The zero-order valence-corrected chi connectivity index (χ0v) is 15.6. The van der Waals surface area contributed by atoms with Gasteiger partial charge in [-0.3, -0.25) is 14.4 Å². The molecule has 0 spiro atoms. The molecule has 1 N–H and O–H groups in total. The van der Waals surface area contributed by atoms with Gasteiger partial charge in [0.2, 0.25) is 0 Å². The van der Waals surface area contributed by atoms with Crippen molar-refractivity contribution >= 4 is 29.1 Å². The van der Waals surface area contributed by atoms with Gasteiger partial charge in [-0.05, 0) is 63.3 Å². The molecule has 0 saturated heterocycles. The molecule has 0 bridgehead atoms. The van der Waals surface area contributed by atoms with Crippen LogP contribution >= 0.6 is 0 Å². The van der Waals surface area contributed by atoms with Crippen LogP contribution in [0.2, 0.25) is 0 Å². The van der Waals surface area contributed by atoms with E-state index in [-0.39, 0.29) is 17.1 Å². The molecule has 1 aromatic heterocycles. The van der Waals surface area contributed by atoms with Crippen LogP contribution in [0.5, 0.6) is 0 Å². The molecule has 7 heteroatoms. The summed E-state index contributed by atoms with van der Waals surface area (Å²) in [5.41, 5.74) is 2.35. The van der Waals surface area contributed by atoms with Crippen molar-refractivity contribution in [2.45, 2.75) is 39.5 Å². The number of carbonyl (C=O) groups excluding carboxylic acids is 3. The summed E-state index contributed by atoms with van der Waals surface area (Å²) in [4.78, 5) is 38.6. The first-order valence-corrected chi connectivity index (χ1v) is 9.15. The third kappa shape index (κ3) is 2.83. The molecule has 0 unspecified atom stereocenters. The monoisotopic (exact) mass is 382 g/mol. The maximum atomic E-state index is 14.8. The highest BCUT2D eigenvalue weighted by Crippen LogP contribution is 2.37. The Morgan fingerprint density at radius 3 is 2.29 bits per heavy atom. The van der Waals surface area contributed by atoms with Crippen LogP contribution in [0.1, 0.15) is 47.4 Å². The second-order valence-electron chi connectivity index (χ2n) is 7.12. The van der Waals surface area contributed by atoms with Crippen LogP contribution in [0.4, 0.5) is 15.8 Å². The number of anilines is 2. The van der Waals surface area contributed by atoms with E-state index in [2.05, 4.69) is 5.32 Å². The van der Waals surface area contributed by atoms with Crippen LogP contribution < -0.4 is 10.2 Å². The number of hydrogen-bond donors (Lipinski definition) is 1. The second-order valence-corrected chi connectivity index (χ2v) is 7.12. The molecule has 4 rings (SSSR count). The quantitative estimate of drug-likeness (QED) is 0.813. The summed E-state index contributed by atoms with van der Waals surface area (Å²) in [5.74, 6) is -1.99. The summed E-state index contributed by atoms with van der Waals surface area (Å²) in [6, 6.07) is 4.19. The summed E-state index contributed by atoms with van der Waals surface area (Å²) >= 11 is 0. The Morgan fingerprint density at radius 1 is 1.07 bits per heavy atom. The fourth-order valence-electron chi connectivity index (χ4n) is 3.72. The predicted molar refractivity (Wildman–Crippen MR) is 101 cm³/mol.